The third-order valence-corrected chi connectivity index (χ3v) is 5.50. The van der Waals surface area contributed by atoms with Crippen LogP contribution in [0.5, 0.6) is 0 Å². The fourth-order valence-corrected chi connectivity index (χ4v) is 3.99. The molecule has 1 aromatic rings. The zero-order valence-corrected chi connectivity index (χ0v) is 14.9. The molecule has 1 N–H and O–H groups in total. The normalized spacial score (nSPS) is 18.0. The van der Waals surface area contributed by atoms with E-state index in [1.807, 2.05) is 11.3 Å². The van der Waals surface area contributed by atoms with Crippen LogP contribution in [0.1, 0.15) is 43.4 Å². The molecule has 2 heterocycles. The molecular weight excluding hydrogens is 278 g/mol. The van der Waals surface area contributed by atoms with Crippen molar-refractivity contribution < 1.29 is 0 Å². The number of piperidine rings is 1. The van der Waals surface area contributed by atoms with Crippen LogP contribution in [-0.4, -0.2) is 48.6 Å². The van der Waals surface area contributed by atoms with Gasteiger partial charge < -0.3 is 10.2 Å². The maximum Gasteiger partial charge on any atom is 0.0327 e. The van der Waals surface area contributed by atoms with Gasteiger partial charge >= 0.3 is 0 Å². The minimum Gasteiger partial charge on any atom is -0.310 e. The summed E-state index contributed by atoms with van der Waals surface area (Å²) in [6.07, 6.45) is 2.63. The minimum absolute atomic E-state index is 0.557. The summed E-state index contributed by atoms with van der Waals surface area (Å²) in [7, 11) is 2.29. The fraction of sp³-hybridized carbons (Fsp3) is 0.765. The second-order valence-electron chi connectivity index (χ2n) is 6.48. The third-order valence-electron chi connectivity index (χ3n) is 4.43. The number of thiophene rings is 1. The summed E-state index contributed by atoms with van der Waals surface area (Å²) in [6, 6.07) is 5.90. The second-order valence-corrected chi connectivity index (χ2v) is 7.74. The highest BCUT2D eigenvalue weighted by Crippen LogP contribution is 2.22. The molecule has 0 atom stereocenters. The van der Waals surface area contributed by atoms with E-state index in [2.05, 4.69) is 55.1 Å². The van der Waals surface area contributed by atoms with Crippen LogP contribution in [0.15, 0.2) is 12.1 Å². The van der Waals surface area contributed by atoms with E-state index in [1.165, 1.54) is 42.2 Å². The molecule has 0 unspecified atom stereocenters. The van der Waals surface area contributed by atoms with Crippen molar-refractivity contribution in [2.75, 3.05) is 26.7 Å². The summed E-state index contributed by atoms with van der Waals surface area (Å²) in [4.78, 5) is 8.06. The Bertz CT molecular complexity index is 408. The van der Waals surface area contributed by atoms with Crippen molar-refractivity contribution in [3.63, 3.8) is 0 Å². The lowest BCUT2D eigenvalue weighted by Gasteiger charge is -2.36. The Kier molecular flexibility index (Phi) is 6.68. The van der Waals surface area contributed by atoms with Gasteiger partial charge in [-0.1, -0.05) is 20.8 Å². The zero-order valence-electron chi connectivity index (χ0n) is 14.1. The quantitative estimate of drug-likeness (QED) is 0.834. The molecule has 21 heavy (non-hydrogen) atoms. The van der Waals surface area contributed by atoms with E-state index < -0.39 is 0 Å². The van der Waals surface area contributed by atoms with Gasteiger partial charge in [-0.25, -0.2) is 0 Å². The van der Waals surface area contributed by atoms with E-state index in [-0.39, 0.29) is 0 Å². The Morgan fingerprint density at radius 1 is 1.29 bits per heavy atom. The lowest BCUT2D eigenvalue weighted by Crippen LogP contribution is -2.42. The van der Waals surface area contributed by atoms with E-state index in [0.29, 0.717) is 6.04 Å². The molecule has 2 rings (SSSR count). The molecule has 1 fully saturated rings. The molecular formula is C17H31N3S. The van der Waals surface area contributed by atoms with Gasteiger partial charge in [0, 0.05) is 34.9 Å². The highest BCUT2D eigenvalue weighted by molar-refractivity contribution is 7.11. The molecule has 4 heteroatoms. The van der Waals surface area contributed by atoms with Crippen molar-refractivity contribution in [1.82, 2.24) is 15.1 Å². The first kappa shape index (κ1) is 16.9. The first-order chi connectivity index (χ1) is 10.1. The predicted octanol–water partition coefficient (Wildman–Crippen LogP) is 3.16. The molecule has 0 amide bonds. The average Bonchev–Trinajstić information content (AvgIpc) is 2.92. The summed E-state index contributed by atoms with van der Waals surface area (Å²) in [5, 5.41) is 3.49. The van der Waals surface area contributed by atoms with Crippen molar-refractivity contribution >= 4 is 11.3 Å². The smallest absolute Gasteiger partial charge is 0.0327 e. The SMILES string of the molecule is CCN1CCC(N(C)Cc2ccc(CNC(C)C)s2)CC1. The summed E-state index contributed by atoms with van der Waals surface area (Å²) in [5.41, 5.74) is 0. The Morgan fingerprint density at radius 2 is 1.95 bits per heavy atom. The van der Waals surface area contributed by atoms with Crippen molar-refractivity contribution in [3.8, 4) is 0 Å². The standard InChI is InChI=1S/C17H31N3S/c1-5-20-10-8-15(9-11-20)19(4)13-17-7-6-16(21-17)12-18-14(2)3/h6-7,14-15,18H,5,8-13H2,1-4H3. The molecule has 0 aliphatic carbocycles. The van der Waals surface area contributed by atoms with E-state index >= 15 is 0 Å². The molecule has 120 valence electrons. The zero-order chi connectivity index (χ0) is 15.2. The van der Waals surface area contributed by atoms with Gasteiger partial charge in [-0.15, -0.1) is 11.3 Å². The molecule has 1 aromatic heterocycles. The van der Waals surface area contributed by atoms with E-state index in [0.717, 1.165) is 19.1 Å². The van der Waals surface area contributed by atoms with Gasteiger partial charge in [0.2, 0.25) is 0 Å². The number of rotatable bonds is 7. The molecule has 3 nitrogen and oxygen atoms in total. The largest absolute Gasteiger partial charge is 0.310 e. The van der Waals surface area contributed by atoms with Crippen LogP contribution in [0.4, 0.5) is 0 Å². The first-order valence-electron chi connectivity index (χ1n) is 8.32. The molecule has 0 saturated carbocycles. The summed E-state index contributed by atoms with van der Waals surface area (Å²) < 4.78 is 0. The van der Waals surface area contributed by atoms with E-state index in [1.54, 1.807) is 0 Å². The third kappa shape index (κ3) is 5.37. The van der Waals surface area contributed by atoms with Gasteiger partial charge in [0.1, 0.15) is 0 Å². The minimum atomic E-state index is 0.557. The second kappa shape index (κ2) is 8.28. The summed E-state index contributed by atoms with van der Waals surface area (Å²) in [5.74, 6) is 0. The van der Waals surface area contributed by atoms with E-state index in [9.17, 15) is 0 Å². The van der Waals surface area contributed by atoms with Crippen LogP contribution < -0.4 is 5.32 Å². The Labute approximate surface area is 134 Å². The molecule has 1 aliphatic heterocycles. The van der Waals surface area contributed by atoms with Crippen molar-refractivity contribution in [1.29, 1.82) is 0 Å². The maximum absolute atomic E-state index is 3.49. The number of likely N-dealkylation sites (tertiary alicyclic amines) is 1. The topological polar surface area (TPSA) is 18.5 Å². The van der Waals surface area contributed by atoms with Gasteiger partial charge in [0.15, 0.2) is 0 Å². The molecule has 1 aliphatic rings. The van der Waals surface area contributed by atoms with Crippen molar-refractivity contribution in [2.45, 2.75) is 58.8 Å². The lowest BCUT2D eigenvalue weighted by atomic mass is 10.0. The predicted molar refractivity (Wildman–Crippen MR) is 92.9 cm³/mol. The van der Waals surface area contributed by atoms with Gasteiger partial charge in [0.25, 0.3) is 0 Å². The van der Waals surface area contributed by atoms with Gasteiger partial charge in [-0.2, -0.15) is 0 Å². The Balaban J connectivity index is 1.78. The average molecular weight is 310 g/mol. The fourth-order valence-electron chi connectivity index (χ4n) is 2.96. The molecule has 1 saturated heterocycles. The highest BCUT2D eigenvalue weighted by atomic mass is 32.1. The van der Waals surface area contributed by atoms with Crippen molar-refractivity contribution in [2.24, 2.45) is 0 Å². The Morgan fingerprint density at radius 3 is 2.57 bits per heavy atom. The van der Waals surface area contributed by atoms with Gasteiger partial charge in [-0.05, 0) is 51.7 Å². The molecule has 0 aromatic carbocycles. The number of hydrogen-bond acceptors (Lipinski definition) is 4. The van der Waals surface area contributed by atoms with Crippen LogP contribution in [-0.2, 0) is 13.1 Å². The highest BCUT2D eigenvalue weighted by Gasteiger charge is 2.21. The van der Waals surface area contributed by atoms with Crippen LogP contribution in [0.25, 0.3) is 0 Å². The lowest BCUT2D eigenvalue weighted by molar-refractivity contribution is 0.128. The van der Waals surface area contributed by atoms with E-state index in [4.69, 9.17) is 0 Å². The first-order valence-corrected chi connectivity index (χ1v) is 9.13. The van der Waals surface area contributed by atoms with Crippen LogP contribution in [0, 0.1) is 0 Å². The van der Waals surface area contributed by atoms with Gasteiger partial charge in [-0.3, -0.25) is 4.90 Å². The monoisotopic (exact) mass is 309 g/mol. The maximum atomic E-state index is 3.49. The van der Waals surface area contributed by atoms with Crippen LogP contribution >= 0.6 is 11.3 Å². The summed E-state index contributed by atoms with van der Waals surface area (Å²) in [6.45, 7) is 12.5. The van der Waals surface area contributed by atoms with Gasteiger partial charge in [0.05, 0.1) is 0 Å². The van der Waals surface area contributed by atoms with Crippen LogP contribution in [0.3, 0.4) is 0 Å². The summed E-state index contributed by atoms with van der Waals surface area (Å²) >= 11 is 1.96. The number of nitrogens with zero attached hydrogens (tertiary/aromatic N) is 2. The number of hydrogen-bond donors (Lipinski definition) is 1. The Hall–Kier alpha value is -0.420. The molecule has 0 bridgehead atoms. The van der Waals surface area contributed by atoms with Crippen LogP contribution in [0.2, 0.25) is 0 Å². The molecule has 0 spiro atoms. The number of nitrogens with one attached hydrogen (secondary N) is 1. The molecule has 0 radical (unpaired) electrons. The van der Waals surface area contributed by atoms with Crippen molar-refractivity contribution in [3.05, 3.63) is 21.9 Å².